The summed E-state index contributed by atoms with van der Waals surface area (Å²) in [4.78, 5) is 18.0. The number of pyridine rings is 1. The summed E-state index contributed by atoms with van der Waals surface area (Å²) in [6.45, 7) is 1.30. The maximum atomic E-state index is 12.8. The molecule has 5 nitrogen and oxygen atoms in total. The topological polar surface area (TPSA) is 54.5 Å². The van der Waals surface area contributed by atoms with Crippen LogP contribution in [0.4, 0.5) is 10.1 Å². The van der Waals surface area contributed by atoms with Crippen LogP contribution in [0.3, 0.4) is 0 Å². The number of amides is 1. The number of carbonyl (C=O) groups is 1. The molecule has 6 heteroatoms. The monoisotopic (exact) mass is 315 g/mol. The van der Waals surface area contributed by atoms with Crippen molar-refractivity contribution >= 4 is 11.6 Å². The SMILES string of the molecule is O=C(COc1ccc(F)cc1)N1CCC(Nc2cccnc2)C1. The van der Waals surface area contributed by atoms with E-state index in [4.69, 9.17) is 4.74 Å². The van der Waals surface area contributed by atoms with E-state index in [9.17, 15) is 9.18 Å². The van der Waals surface area contributed by atoms with Gasteiger partial charge in [-0.1, -0.05) is 0 Å². The number of carbonyl (C=O) groups excluding carboxylic acids is 1. The Hall–Kier alpha value is -2.63. The number of halogens is 1. The maximum Gasteiger partial charge on any atom is 0.260 e. The van der Waals surface area contributed by atoms with E-state index in [1.165, 1.54) is 24.3 Å². The molecule has 1 aliphatic heterocycles. The lowest BCUT2D eigenvalue weighted by molar-refractivity contribution is -0.132. The number of hydrogen-bond donors (Lipinski definition) is 1. The van der Waals surface area contributed by atoms with Gasteiger partial charge in [0.05, 0.1) is 5.69 Å². The number of nitrogens with zero attached hydrogens (tertiary/aromatic N) is 2. The van der Waals surface area contributed by atoms with Crippen molar-refractivity contribution in [2.75, 3.05) is 25.0 Å². The number of aromatic nitrogens is 1. The summed E-state index contributed by atoms with van der Waals surface area (Å²) in [5.74, 6) is 0.0985. The molecule has 1 aromatic heterocycles. The minimum atomic E-state index is -0.326. The molecule has 0 aliphatic carbocycles. The van der Waals surface area contributed by atoms with E-state index in [2.05, 4.69) is 10.3 Å². The Balaban J connectivity index is 1.46. The lowest BCUT2D eigenvalue weighted by Crippen LogP contribution is -2.35. The van der Waals surface area contributed by atoms with Gasteiger partial charge in [0.25, 0.3) is 5.91 Å². The van der Waals surface area contributed by atoms with E-state index in [0.29, 0.717) is 18.8 Å². The van der Waals surface area contributed by atoms with E-state index in [0.717, 1.165) is 12.1 Å². The van der Waals surface area contributed by atoms with Gasteiger partial charge >= 0.3 is 0 Å². The zero-order valence-corrected chi connectivity index (χ0v) is 12.6. The van der Waals surface area contributed by atoms with Gasteiger partial charge in [0.1, 0.15) is 11.6 Å². The van der Waals surface area contributed by atoms with Gasteiger partial charge in [0, 0.05) is 31.5 Å². The smallest absolute Gasteiger partial charge is 0.260 e. The van der Waals surface area contributed by atoms with Crippen LogP contribution < -0.4 is 10.1 Å². The van der Waals surface area contributed by atoms with Crippen LogP contribution >= 0.6 is 0 Å². The highest BCUT2D eigenvalue weighted by Gasteiger charge is 2.26. The third-order valence-corrected chi connectivity index (χ3v) is 3.75. The van der Waals surface area contributed by atoms with Crippen LogP contribution in [0.25, 0.3) is 0 Å². The Morgan fingerprint density at radius 3 is 2.91 bits per heavy atom. The second-order valence-corrected chi connectivity index (χ2v) is 5.45. The fourth-order valence-electron chi connectivity index (χ4n) is 2.56. The molecule has 1 saturated heterocycles. The number of hydrogen-bond acceptors (Lipinski definition) is 4. The minimum absolute atomic E-state index is 0.0365. The minimum Gasteiger partial charge on any atom is -0.484 e. The largest absolute Gasteiger partial charge is 0.484 e. The van der Waals surface area contributed by atoms with Crippen LogP contribution in [-0.2, 0) is 4.79 Å². The Kier molecular flexibility index (Phi) is 4.71. The van der Waals surface area contributed by atoms with Crippen molar-refractivity contribution in [3.8, 4) is 5.75 Å². The summed E-state index contributed by atoms with van der Waals surface area (Å²) < 4.78 is 18.2. The summed E-state index contributed by atoms with van der Waals surface area (Å²) in [5, 5.41) is 3.37. The van der Waals surface area contributed by atoms with E-state index in [-0.39, 0.29) is 24.4 Å². The Bertz CT molecular complexity index is 649. The van der Waals surface area contributed by atoms with Crippen LogP contribution in [0.5, 0.6) is 5.75 Å². The van der Waals surface area contributed by atoms with Gasteiger partial charge in [-0.05, 0) is 42.8 Å². The quantitative estimate of drug-likeness (QED) is 0.920. The molecule has 0 bridgehead atoms. The molecule has 1 atom stereocenters. The summed E-state index contributed by atoms with van der Waals surface area (Å²) in [5.41, 5.74) is 0.953. The lowest BCUT2D eigenvalue weighted by atomic mass is 10.2. The number of rotatable bonds is 5. The molecular formula is C17H18FN3O2. The van der Waals surface area contributed by atoms with Gasteiger partial charge in [0.15, 0.2) is 6.61 Å². The number of likely N-dealkylation sites (tertiary alicyclic amines) is 1. The van der Waals surface area contributed by atoms with Crippen LogP contribution in [0.1, 0.15) is 6.42 Å². The first-order valence-corrected chi connectivity index (χ1v) is 7.53. The van der Waals surface area contributed by atoms with Crippen molar-refractivity contribution in [3.05, 3.63) is 54.6 Å². The molecule has 0 saturated carbocycles. The maximum absolute atomic E-state index is 12.8. The summed E-state index contributed by atoms with van der Waals surface area (Å²) in [6, 6.07) is 9.69. The molecule has 2 heterocycles. The highest BCUT2D eigenvalue weighted by molar-refractivity contribution is 5.78. The zero-order valence-electron chi connectivity index (χ0n) is 12.6. The van der Waals surface area contributed by atoms with Crippen molar-refractivity contribution in [1.82, 2.24) is 9.88 Å². The van der Waals surface area contributed by atoms with Gasteiger partial charge < -0.3 is 15.0 Å². The summed E-state index contributed by atoms with van der Waals surface area (Å²) >= 11 is 0. The zero-order chi connectivity index (χ0) is 16.1. The van der Waals surface area contributed by atoms with Crippen molar-refractivity contribution in [2.24, 2.45) is 0 Å². The molecule has 1 unspecified atom stereocenters. The highest BCUT2D eigenvalue weighted by atomic mass is 19.1. The van der Waals surface area contributed by atoms with E-state index < -0.39 is 0 Å². The Morgan fingerprint density at radius 2 is 2.17 bits per heavy atom. The van der Waals surface area contributed by atoms with Gasteiger partial charge in [-0.2, -0.15) is 0 Å². The number of ether oxygens (including phenoxy) is 1. The normalized spacial score (nSPS) is 17.1. The van der Waals surface area contributed by atoms with Crippen molar-refractivity contribution < 1.29 is 13.9 Å². The average Bonchev–Trinajstić information content (AvgIpc) is 3.03. The molecule has 2 aromatic rings. The van der Waals surface area contributed by atoms with Crippen LogP contribution in [0.15, 0.2) is 48.8 Å². The average molecular weight is 315 g/mol. The van der Waals surface area contributed by atoms with Gasteiger partial charge in [0.2, 0.25) is 0 Å². The molecular weight excluding hydrogens is 297 g/mol. The van der Waals surface area contributed by atoms with E-state index in [1.807, 2.05) is 12.1 Å². The molecule has 1 amide bonds. The predicted molar refractivity (Wildman–Crippen MR) is 84.7 cm³/mol. The van der Waals surface area contributed by atoms with E-state index in [1.54, 1.807) is 17.3 Å². The number of benzene rings is 1. The fraction of sp³-hybridized carbons (Fsp3) is 0.294. The fourth-order valence-corrected chi connectivity index (χ4v) is 2.56. The number of anilines is 1. The van der Waals surface area contributed by atoms with Crippen LogP contribution in [0.2, 0.25) is 0 Å². The standard InChI is InChI=1S/C17H18FN3O2/c18-13-3-5-16(6-4-13)23-12-17(22)21-9-7-15(11-21)20-14-2-1-8-19-10-14/h1-6,8,10,15,20H,7,9,11-12H2. The second-order valence-electron chi connectivity index (χ2n) is 5.45. The molecule has 120 valence electrons. The Morgan fingerprint density at radius 1 is 1.35 bits per heavy atom. The van der Waals surface area contributed by atoms with Crippen LogP contribution in [0, 0.1) is 5.82 Å². The highest BCUT2D eigenvalue weighted by Crippen LogP contribution is 2.16. The Labute approximate surface area is 134 Å². The molecule has 1 N–H and O–H groups in total. The third kappa shape index (κ3) is 4.18. The summed E-state index contributed by atoms with van der Waals surface area (Å²) in [7, 11) is 0. The molecule has 1 aliphatic rings. The molecule has 0 radical (unpaired) electrons. The molecule has 3 rings (SSSR count). The van der Waals surface area contributed by atoms with E-state index >= 15 is 0 Å². The summed E-state index contributed by atoms with van der Waals surface area (Å²) in [6.07, 6.45) is 4.38. The lowest BCUT2D eigenvalue weighted by Gasteiger charge is -2.18. The van der Waals surface area contributed by atoms with Crippen molar-refractivity contribution in [2.45, 2.75) is 12.5 Å². The van der Waals surface area contributed by atoms with Gasteiger partial charge in [-0.3, -0.25) is 9.78 Å². The first-order chi connectivity index (χ1) is 11.2. The first kappa shape index (κ1) is 15.3. The van der Waals surface area contributed by atoms with Gasteiger partial charge in [-0.15, -0.1) is 0 Å². The number of nitrogens with one attached hydrogen (secondary N) is 1. The molecule has 1 fully saturated rings. The van der Waals surface area contributed by atoms with Crippen LogP contribution in [-0.4, -0.2) is 41.5 Å². The van der Waals surface area contributed by atoms with Gasteiger partial charge in [-0.25, -0.2) is 4.39 Å². The van der Waals surface area contributed by atoms with Crippen molar-refractivity contribution in [3.63, 3.8) is 0 Å². The molecule has 0 spiro atoms. The third-order valence-electron chi connectivity index (χ3n) is 3.75. The molecule has 23 heavy (non-hydrogen) atoms. The predicted octanol–water partition coefficient (Wildman–Crippen LogP) is 2.31. The first-order valence-electron chi connectivity index (χ1n) is 7.53. The second kappa shape index (κ2) is 7.09. The van der Waals surface area contributed by atoms with Crippen molar-refractivity contribution in [1.29, 1.82) is 0 Å². The molecule has 1 aromatic carbocycles.